The molecule has 0 amide bonds. The van der Waals surface area contributed by atoms with E-state index in [2.05, 4.69) is 20.9 Å². The molecule has 30 heavy (non-hydrogen) atoms. The molecule has 9 heteroatoms. The van der Waals surface area contributed by atoms with Crippen LogP contribution in [0.4, 0.5) is 0 Å². The maximum atomic E-state index is 13.0. The topological polar surface area (TPSA) is 102 Å². The van der Waals surface area contributed by atoms with Crippen LogP contribution in [-0.2, 0) is 17.6 Å². The van der Waals surface area contributed by atoms with Crippen LogP contribution in [0.15, 0.2) is 21.4 Å². The number of thiophene rings is 1. The average molecular weight is 493 g/mol. The van der Waals surface area contributed by atoms with Crippen molar-refractivity contribution in [1.82, 2.24) is 9.97 Å². The molecule has 0 saturated carbocycles. The second-order valence-electron chi connectivity index (χ2n) is 7.18. The lowest BCUT2D eigenvalue weighted by Gasteiger charge is -2.13. The molecule has 0 bridgehead atoms. The van der Waals surface area contributed by atoms with Crippen LogP contribution in [0.1, 0.15) is 36.1 Å². The number of aliphatic carboxylic acids is 1. The predicted molar refractivity (Wildman–Crippen MR) is 119 cm³/mol. The van der Waals surface area contributed by atoms with Crippen LogP contribution in [0.3, 0.4) is 0 Å². The molecule has 1 aliphatic rings. The Morgan fingerprint density at radius 1 is 1.27 bits per heavy atom. The molecule has 4 rings (SSSR count). The second kappa shape index (κ2) is 8.77. The number of carboxylic acid groups (broad SMARTS) is 1. The molecule has 0 spiro atoms. The third-order valence-corrected chi connectivity index (χ3v) is 6.94. The first-order valence-corrected chi connectivity index (χ1v) is 11.4. The van der Waals surface area contributed by atoms with Crippen molar-refractivity contribution in [2.45, 2.75) is 38.5 Å². The lowest BCUT2D eigenvalue weighted by molar-refractivity contribution is -0.139. The molecule has 1 aromatic carbocycles. The highest BCUT2D eigenvalue weighted by molar-refractivity contribution is 9.10. The smallest absolute Gasteiger partial charge is 0.341 e. The maximum absolute atomic E-state index is 13.0. The fourth-order valence-corrected chi connectivity index (χ4v) is 5.60. The summed E-state index contributed by atoms with van der Waals surface area (Å²) in [6.07, 6.45) is 6.60. The van der Waals surface area contributed by atoms with E-state index in [9.17, 15) is 9.59 Å². The molecule has 0 saturated heterocycles. The summed E-state index contributed by atoms with van der Waals surface area (Å²) in [4.78, 5) is 33.5. The van der Waals surface area contributed by atoms with Crippen molar-refractivity contribution in [3.63, 3.8) is 0 Å². The van der Waals surface area contributed by atoms with Crippen LogP contribution in [0.5, 0.6) is 11.5 Å². The number of H-pyrrole nitrogens is 1. The molecule has 0 aliphatic heterocycles. The number of aromatic amines is 1. The van der Waals surface area contributed by atoms with Crippen molar-refractivity contribution in [3.8, 4) is 22.9 Å². The normalized spacial score (nSPS) is 14.1. The number of halogens is 1. The van der Waals surface area contributed by atoms with Gasteiger partial charge in [-0.15, -0.1) is 11.3 Å². The first-order chi connectivity index (χ1) is 14.5. The minimum atomic E-state index is -1.09. The van der Waals surface area contributed by atoms with Gasteiger partial charge in [0.15, 0.2) is 18.1 Å². The zero-order chi connectivity index (χ0) is 21.3. The molecule has 3 aromatic rings. The summed E-state index contributed by atoms with van der Waals surface area (Å²) in [5, 5.41) is 9.58. The summed E-state index contributed by atoms with van der Waals surface area (Å²) in [5.41, 5.74) is 1.67. The number of aryl methyl sites for hydroxylation is 2. The number of nitrogens with zero attached hydrogens (tertiary/aromatic N) is 1. The molecule has 2 heterocycles. The predicted octanol–water partition coefficient (Wildman–Crippen LogP) is 4.55. The van der Waals surface area contributed by atoms with Gasteiger partial charge in [-0.25, -0.2) is 9.78 Å². The lowest BCUT2D eigenvalue weighted by Crippen LogP contribution is -2.11. The van der Waals surface area contributed by atoms with Gasteiger partial charge in [-0.2, -0.15) is 0 Å². The average Bonchev–Trinajstić information content (AvgIpc) is 3.03. The second-order valence-corrected chi connectivity index (χ2v) is 9.12. The van der Waals surface area contributed by atoms with E-state index in [4.69, 9.17) is 19.6 Å². The highest BCUT2D eigenvalue weighted by Gasteiger charge is 2.20. The number of nitrogens with one attached hydrogen (secondary N) is 1. The fourth-order valence-electron chi connectivity index (χ4n) is 3.78. The van der Waals surface area contributed by atoms with Gasteiger partial charge < -0.3 is 19.6 Å². The molecule has 0 radical (unpaired) electrons. The molecule has 0 unspecified atom stereocenters. The van der Waals surface area contributed by atoms with E-state index in [0.717, 1.165) is 36.1 Å². The third kappa shape index (κ3) is 4.09. The number of methoxy groups -OCH3 is 1. The fraction of sp³-hybridized carbons (Fsp3) is 0.381. The molecule has 158 valence electrons. The Morgan fingerprint density at radius 2 is 2.03 bits per heavy atom. The first kappa shape index (κ1) is 20.9. The minimum absolute atomic E-state index is 0.130. The number of aromatic nitrogens is 2. The van der Waals surface area contributed by atoms with Gasteiger partial charge in [-0.3, -0.25) is 4.79 Å². The van der Waals surface area contributed by atoms with Crippen LogP contribution in [0.2, 0.25) is 0 Å². The summed E-state index contributed by atoms with van der Waals surface area (Å²) >= 11 is 5.01. The molecular formula is C21H21BrN2O5S. The molecule has 0 fully saturated rings. The van der Waals surface area contributed by atoms with E-state index in [-0.39, 0.29) is 11.3 Å². The van der Waals surface area contributed by atoms with Gasteiger partial charge >= 0.3 is 5.97 Å². The Kier molecular flexibility index (Phi) is 6.10. The lowest BCUT2D eigenvalue weighted by atomic mass is 9.98. The standard InChI is InChI=1S/C21H21BrN2O5S/c1-28-14-9-11(8-13(22)18(14)29-10-16(25)26)19-23-20(27)17-12-6-4-2-3-5-7-15(12)30-21(17)24-19/h8-9H,2-7,10H2,1H3,(H,25,26)(H,23,24,27). The quantitative estimate of drug-likeness (QED) is 0.541. The Morgan fingerprint density at radius 3 is 2.77 bits per heavy atom. The maximum Gasteiger partial charge on any atom is 0.341 e. The molecule has 0 atom stereocenters. The zero-order valence-corrected chi connectivity index (χ0v) is 18.8. The summed E-state index contributed by atoms with van der Waals surface area (Å²) in [6, 6.07) is 3.41. The first-order valence-electron chi connectivity index (χ1n) is 9.75. The van der Waals surface area contributed by atoms with Crippen molar-refractivity contribution in [3.05, 3.63) is 37.4 Å². The summed E-state index contributed by atoms with van der Waals surface area (Å²) in [7, 11) is 1.47. The van der Waals surface area contributed by atoms with Crippen LogP contribution in [-0.4, -0.2) is 34.8 Å². The third-order valence-electron chi connectivity index (χ3n) is 5.17. The van der Waals surface area contributed by atoms with Crippen molar-refractivity contribution >= 4 is 43.5 Å². The summed E-state index contributed by atoms with van der Waals surface area (Å²) in [6.45, 7) is -0.490. The van der Waals surface area contributed by atoms with Gasteiger partial charge in [0.1, 0.15) is 10.7 Å². The largest absolute Gasteiger partial charge is 0.493 e. The summed E-state index contributed by atoms with van der Waals surface area (Å²) < 4.78 is 11.2. The van der Waals surface area contributed by atoms with Gasteiger partial charge in [0.25, 0.3) is 5.56 Å². The van der Waals surface area contributed by atoms with Crippen molar-refractivity contribution in [2.75, 3.05) is 13.7 Å². The van der Waals surface area contributed by atoms with Gasteiger partial charge in [-0.1, -0.05) is 12.8 Å². The van der Waals surface area contributed by atoms with Gasteiger partial charge in [0.2, 0.25) is 0 Å². The van der Waals surface area contributed by atoms with E-state index < -0.39 is 12.6 Å². The van der Waals surface area contributed by atoms with E-state index in [1.807, 2.05) is 0 Å². The molecule has 1 aliphatic carbocycles. The van der Waals surface area contributed by atoms with Crippen molar-refractivity contribution in [1.29, 1.82) is 0 Å². The molecule has 7 nitrogen and oxygen atoms in total. The molecule has 2 N–H and O–H groups in total. The van der Waals surface area contributed by atoms with Crippen molar-refractivity contribution < 1.29 is 19.4 Å². The van der Waals surface area contributed by atoms with Gasteiger partial charge in [0.05, 0.1) is 17.0 Å². The Hall–Kier alpha value is -2.39. The number of benzene rings is 1. The number of carboxylic acids is 1. The number of carbonyl (C=O) groups is 1. The Balaban J connectivity index is 1.79. The Labute approximate surface area is 185 Å². The van der Waals surface area contributed by atoms with E-state index >= 15 is 0 Å². The van der Waals surface area contributed by atoms with Gasteiger partial charge in [0, 0.05) is 10.4 Å². The highest BCUT2D eigenvalue weighted by Crippen LogP contribution is 2.39. The molecular weight excluding hydrogens is 472 g/mol. The zero-order valence-electron chi connectivity index (χ0n) is 16.4. The number of fused-ring (bicyclic) bond motifs is 3. The number of hydrogen-bond donors (Lipinski definition) is 2. The van der Waals surface area contributed by atoms with E-state index in [1.54, 1.807) is 23.5 Å². The van der Waals surface area contributed by atoms with E-state index in [0.29, 0.717) is 27.0 Å². The number of rotatable bonds is 5. The minimum Gasteiger partial charge on any atom is -0.493 e. The van der Waals surface area contributed by atoms with Crippen LogP contribution in [0, 0.1) is 0 Å². The highest BCUT2D eigenvalue weighted by atomic mass is 79.9. The van der Waals surface area contributed by atoms with Crippen LogP contribution in [0.25, 0.3) is 21.6 Å². The molecule has 2 aromatic heterocycles. The van der Waals surface area contributed by atoms with E-state index in [1.165, 1.54) is 24.8 Å². The van der Waals surface area contributed by atoms with Crippen LogP contribution >= 0.6 is 27.3 Å². The summed E-state index contributed by atoms with van der Waals surface area (Å²) in [5.74, 6) is -0.0174. The van der Waals surface area contributed by atoms with Crippen LogP contribution < -0.4 is 15.0 Å². The van der Waals surface area contributed by atoms with Crippen molar-refractivity contribution in [2.24, 2.45) is 0 Å². The number of ether oxygens (including phenoxy) is 2. The number of hydrogen-bond acceptors (Lipinski definition) is 6. The monoisotopic (exact) mass is 492 g/mol. The Bertz CT molecular complexity index is 1170. The SMILES string of the molecule is COc1cc(-c2nc3sc4c(c3c(=O)[nH]2)CCCCCC4)cc(Br)c1OCC(=O)O. The van der Waals surface area contributed by atoms with Gasteiger partial charge in [-0.05, 0) is 59.3 Å².